The number of thiophene rings is 1. The second-order valence-electron chi connectivity index (χ2n) is 5.97. The Bertz CT molecular complexity index is 1240. The van der Waals surface area contributed by atoms with E-state index in [1.165, 1.54) is 37.4 Å². The second kappa shape index (κ2) is 8.23. The first-order valence-electron chi connectivity index (χ1n) is 8.16. The fourth-order valence-corrected chi connectivity index (χ4v) is 6.08. The van der Waals surface area contributed by atoms with Crippen molar-refractivity contribution in [1.29, 1.82) is 0 Å². The molecule has 7 nitrogen and oxygen atoms in total. The van der Waals surface area contributed by atoms with E-state index >= 15 is 0 Å². The highest BCUT2D eigenvalue weighted by molar-refractivity contribution is 7.94. The summed E-state index contributed by atoms with van der Waals surface area (Å²) in [5.74, 6) is 0.591. The molecule has 0 unspecified atom stereocenters. The van der Waals surface area contributed by atoms with Crippen molar-refractivity contribution in [3.05, 3.63) is 64.5 Å². The highest BCUT2D eigenvalue weighted by Gasteiger charge is 2.20. The number of hydrogen-bond donors (Lipinski definition) is 2. The van der Waals surface area contributed by atoms with Crippen LogP contribution in [-0.2, 0) is 20.0 Å². The lowest BCUT2D eigenvalue weighted by atomic mass is 10.2. The van der Waals surface area contributed by atoms with Gasteiger partial charge in [-0.1, -0.05) is 17.7 Å². The molecule has 2 aromatic carbocycles. The quantitative estimate of drug-likeness (QED) is 0.533. The zero-order valence-corrected chi connectivity index (χ0v) is 18.5. The maximum Gasteiger partial charge on any atom is 0.271 e. The van der Waals surface area contributed by atoms with Gasteiger partial charge in [0.1, 0.15) is 9.96 Å². The van der Waals surface area contributed by atoms with E-state index in [0.717, 1.165) is 11.3 Å². The van der Waals surface area contributed by atoms with Crippen LogP contribution in [0.4, 0.5) is 11.4 Å². The van der Waals surface area contributed by atoms with Crippen molar-refractivity contribution >= 4 is 54.4 Å². The molecule has 0 saturated heterocycles. The third-order valence-corrected chi connectivity index (χ3v) is 8.39. The molecule has 0 fully saturated rings. The molecule has 11 heteroatoms. The van der Waals surface area contributed by atoms with Gasteiger partial charge in [-0.2, -0.15) is 0 Å². The SMILES string of the molecule is COc1ccc(NS(=O)(=O)c2ccc(C)c(NS(=O)(=O)c3ccc(Cl)s3)c2)cc1. The number of halogens is 1. The average molecular weight is 473 g/mol. The largest absolute Gasteiger partial charge is 0.497 e. The smallest absolute Gasteiger partial charge is 0.271 e. The predicted octanol–water partition coefficient (Wildman–Crippen LogP) is 4.32. The standard InChI is InChI=1S/C18H17ClN2O5S3/c1-12-3-8-15(28(22,23)20-13-4-6-14(26-2)7-5-13)11-16(12)21-29(24,25)18-10-9-17(19)27-18/h3-11,20-21H,1-2H3. The zero-order valence-electron chi connectivity index (χ0n) is 15.3. The molecule has 0 aliphatic heterocycles. The summed E-state index contributed by atoms with van der Waals surface area (Å²) < 4.78 is 60.8. The normalized spacial score (nSPS) is 11.8. The van der Waals surface area contributed by atoms with Gasteiger partial charge in [-0.25, -0.2) is 16.8 Å². The number of methoxy groups -OCH3 is 1. The van der Waals surface area contributed by atoms with Gasteiger partial charge in [0.15, 0.2) is 0 Å². The molecule has 0 atom stereocenters. The van der Waals surface area contributed by atoms with E-state index in [4.69, 9.17) is 16.3 Å². The molecule has 29 heavy (non-hydrogen) atoms. The van der Waals surface area contributed by atoms with Crippen LogP contribution in [0, 0.1) is 6.92 Å². The van der Waals surface area contributed by atoms with Gasteiger partial charge in [-0.05, 0) is 61.0 Å². The Balaban J connectivity index is 1.89. The van der Waals surface area contributed by atoms with Crippen LogP contribution < -0.4 is 14.2 Å². The molecule has 0 saturated carbocycles. The lowest BCUT2D eigenvalue weighted by Gasteiger charge is -2.13. The van der Waals surface area contributed by atoms with Gasteiger partial charge in [-0.3, -0.25) is 9.44 Å². The molecule has 1 heterocycles. The number of sulfonamides is 2. The van der Waals surface area contributed by atoms with Crippen molar-refractivity contribution in [2.24, 2.45) is 0 Å². The van der Waals surface area contributed by atoms with Crippen LogP contribution in [0.2, 0.25) is 4.34 Å². The van der Waals surface area contributed by atoms with Crippen LogP contribution in [0.5, 0.6) is 5.75 Å². The molecule has 0 radical (unpaired) electrons. The Kier molecular flexibility index (Phi) is 6.08. The molecule has 0 spiro atoms. The van der Waals surface area contributed by atoms with E-state index in [9.17, 15) is 16.8 Å². The maximum absolute atomic E-state index is 12.7. The van der Waals surface area contributed by atoms with Crippen molar-refractivity contribution in [2.45, 2.75) is 16.0 Å². The number of rotatable bonds is 7. The molecule has 1 aromatic heterocycles. The summed E-state index contributed by atoms with van der Waals surface area (Å²) in [6.07, 6.45) is 0. The number of aryl methyl sites for hydroxylation is 1. The number of hydrogen-bond acceptors (Lipinski definition) is 6. The second-order valence-corrected chi connectivity index (χ2v) is 11.3. The first kappa shape index (κ1) is 21.4. The first-order chi connectivity index (χ1) is 13.6. The molecule has 0 bridgehead atoms. The minimum absolute atomic E-state index is 0.0338. The third-order valence-electron chi connectivity index (χ3n) is 3.92. The predicted molar refractivity (Wildman–Crippen MR) is 115 cm³/mol. The Morgan fingerprint density at radius 1 is 0.897 bits per heavy atom. The fourth-order valence-electron chi connectivity index (χ4n) is 2.39. The number of benzene rings is 2. The minimum Gasteiger partial charge on any atom is -0.497 e. The average Bonchev–Trinajstić information content (AvgIpc) is 3.11. The van der Waals surface area contributed by atoms with Crippen molar-refractivity contribution in [2.75, 3.05) is 16.6 Å². The van der Waals surface area contributed by atoms with Crippen LogP contribution in [0.15, 0.2) is 63.7 Å². The topological polar surface area (TPSA) is 102 Å². The van der Waals surface area contributed by atoms with Gasteiger partial charge in [0.2, 0.25) is 0 Å². The van der Waals surface area contributed by atoms with Gasteiger partial charge in [0.25, 0.3) is 20.0 Å². The Morgan fingerprint density at radius 2 is 1.59 bits per heavy atom. The summed E-state index contributed by atoms with van der Waals surface area (Å²) >= 11 is 6.72. The van der Waals surface area contributed by atoms with Gasteiger partial charge in [0.05, 0.1) is 22.0 Å². The lowest BCUT2D eigenvalue weighted by Crippen LogP contribution is -2.15. The molecule has 0 aliphatic carbocycles. The van der Waals surface area contributed by atoms with Crippen LogP contribution in [0.3, 0.4) is 0 Å². The van der Waals surface area contributed by atoms with Crippen molar-refractivity contribution < 1.29 is 21.6 Å². The van der Waals surface area contributed by atoms with Crippen LogP contribution >= 0.6 is 22.9 Å². The van der Waals surface area contributed by atoms with Gasteiger partial charge >= 0.3 is 0 Å². The molecule has 2 N–H and O–H groups in total. The van der Waals surface area contributed by atoms with Crippen molar-refractivity contribution in [1.82, 2.24) is 0 Å². The van der Waals surface area contributed by atoms with E-state index in [1.54, 1.807) is 31.2 Å². The minimum atomic E-state index is -3.93. The zero-order chi connectivity index (χ0) is 21.2. The van der Waals surface area contributed by atoms with Gasteiger partial charge < -0.3 is 4.74 Å². The van der Waals surface area contributed by atoms with Crippen molar-refractivity contribution in [3.63, 3.8) is 0 Å². The Hall–Kier alpha value is -2.27. The molecule has 3 aromatic rings. The first-order valence-corrected chi connectivity index (χ1v) is 12.3. The Morgan fingerprint density at radius 3 is 2.17 bits per heavy atom. The van der Waals surface area contributed by atoms with Crippen LogP contribution in [-0.4, -0.2) is 23.9 Å². The maximum atomic E-state index is 12.7. The summed E-state index contributed by atoms with van der Waals surface area (Å²) in [6.45, 7) is 1.67. The monoisotopic (exact) mass is 472 g/mol. The van der Waals surface area contributed by atoms with E-state index in [1.807, 2.05) is 0 Å². The van der Waals surface area contributed by atoms with E-state index in [-0.39, 0.29) is 14.8 Å². The fraction of sp³-hybridized carbons (Fsp3) is 0.111. The molecule has 0 aliphatic rings. The summed E-state index contributed by atoms with van der Waals surface area (Å²) in [4.78, 5) is -0.0826. The van der Waals surface area contributed by atoms with E-state index in [2.05, 4.69) is 9.44 Å². The van der Waals surface area contributed by atoms with E-state index in [0.29, 0.717) is 21.3 Å². The molecular formula is C18H17ClN2O5S3. The summed E-state index contributed by atoms with van der Waals surface area (Å²) in [5.41, 5.74) is 1.08. The highest BCUT2D eigenvalue weighted by atomic mass is 35.5. The summed E-state index contributed by atoms with van der Waals surface area (Å²) in [5, 5.41) is 0. The highest BCUT2D eigenvalue weighted by Crippen LogP contribution is 2.29. The van der Waals surface area contributed by atoms with Gasteiger partial charge in [0, 0.05) is 5.69 Å². The molecular weight excluding hydrogens is 456 g/mol. The van der Waals surface area contributed by atoms with Crippen LogP contribution in [0.25, 0.3) is 0 Å². The van der Waals surface area contributed by atoms with Crippen LogP contribution in [0.1, 0.15) is 5.56 Å². The van der Waals surface area contributed by atoms with E-state index < -0.39 is 20.0 Å². The Labute approximate surface area is 178 Å². The molecule has 154 valence electrons. The molecule has 3 rings (SSSR count). The summed E-state index contributed by atoms with van der Waals surface area (Å²) in [6, 6.07) is 13.4. The van der Waals surface area contributed by atoms with Crippen molar-refractivity contribution in [3.8, 4) is 5.75 Å². The number of ether oxygens (including phenoxy) is 1. The van der Waals surface area contributed by atoms with Gasteiger partial charge in [-0.15, -0.1) is 11.3 Å². The lowest BCUT2D eigenvalue weighted by molar-refractivity contribution is 0.415. The number of anilines is 2. The summed E-state index contributed by atoms with van der Waals surface area (Å²) in [7, 11) is -6.31. The number of nitrogens with one attached hydrogen (secondary N) is 2. The third kappa shape index (κ3) is 5.02. The molecule has 0 amide bonds.